The Morgan fingerprint density at radius 1 is 1.40 bits per heavy atom. The van der Waals surface area contributed by atoms with Gasteiger partial charge in [-0.3, -0.25) is 0 Å². The summed E-state index contributed by atoms with van der Waals surface area (Å²) in [6.45, 7) is 1.22. The minimum atomic E-state index is -2.27. The fourth-order valence-corrected chi connectivity index (χ4v) is 2.20. The van der Waals surface area contributed by atoms with E-state index in [2.05, 4.69) is 5.32 Å². The third-order valence-corrected chi connectivity index (χ3v) is 3.14. The number of hydrogen-bond donors (Lipinski definition) is 1. The van der Waals surface area contributed by atoms with Crippen molar-refractivity contribution in [2.75, 3.05) is 13.1 Å². The SMILES string of the molecule is FC(F)CC1(c2cccc(Cl)c2)CNC1. The van der Waals surface area contributed by atoms with Gasteiger partial charge >= 0.3 is 0 Å². The van der Waals surface area contributed by atoms with Gasteiger partial charge in [-0.2, -0.15) is 0 Å². The lowest BCUT2D eigenvalue weighted by molar-refractivity contribution is 0.0817. The van der Waals surface area contributed by atoms with Crippen LogP contribution < -0.4 is 5.32 Å². The van der Waals surface area contributed by atoms with Gasteiger partial charge in [0.05, 0.1) is 0 Å². The Balaban J connectivity index is 2.26. The Labute approximate surface area is 92.4 Å². The molecule has 1 fully saturated rings. The molecule has 1 aromatic carbocycles. The molecule has 4 heteroatoms. The van der Waals surface area contributed by atoms with Gasteiger partial charge in [0, 0.05) is 29.9 Å². The lowest BCUT2D eigenvalue weighted by atomic mass is 9.73. The standard InChI is InChI=1S/C11H12ClF2N/c12-9-3-1-2-8(4-9)11(5-10(13)14)6-15-7-11/h1-4,10,15H,5-7H2. The van der Waals surface area contributed by atoms with E-state index >= 15 is 0 Å². The summed E-state index contributed by atoms with van der Waals surface area (Å²) in [5.74, 6) is 0. The molecule has 1 heterocycles. The van der Waals surface area contributed by atoms with Crippen LogP contribution in [0.3, 0.4) is 0 Å². The Hall–Kier alpha value is -0.670. The molecule has 1 aliphatic heterocycles. The normalized spacial score (nSPS) is 18.9. The predicted molar refractivity (Wildman–Crippen MR) is 56.6 cm³/mol. The second kappa shape index (κ2) is 4.06. The van der Waals surface area contributed by atoms with E-state index in [9.17, 15) is 8.78 Å². The maximum atomic E-state index is 12.5. The second-order valence-corrected chi connectivity index (χ2v) is 4.43. The molecule has 0 aliphatic carbocycles. The molecule has 1 saturated heterocycles. The number of hydrogen-bond acceptors (Lipinski definition) is 1. The fourth-order valence-electron chi connectivity index (χ4n) is 2.01. The average Bonchev–Trinajstić information content (AvgIpc) is 2.11. The van der Waals surface area contributed by atoms with E-state index in [4.69, 9.17) is 11.6 Å². The van der Waals surface area contributed by atoms with Crippen LogP contribution in [0.1, 0.15) is 12.0 Å². The molecule has 1 nitrogen and oxygen atoms in total. The molecule has 1 aliphatic rings. The van der Waals surface area contributed by atoms with E-state index in [0.29, 0.717) is 18.1 Å². The molecule has 0 amide bonds. The number of alkyl halides is 2. The first-order valence-electron chi connectivity index (χ1n) is 4.87. The minimum absolute atomic E-state index is 0.0969. The minimum Gasteiger partial charge on any atom is -0.315 e. The number of benzene rings is 1. The van der Waals surface area contributed by atoms with E-state index in [0.717, 1.165) is 5.56 Å². The van der Waals surface area contributed by atoms with Crippen LogP contribution in [0.4, 0.5) is 8.78 Å². The van der Waals surface area contributed by atoms with Crippen LogP contribution in [0.5, 0.6) is 0 Å². The van der Waals surface area contributed by atoms with Gasteiger partial charge in [0.1, 0.15) is 0 Å². The second-order valence-electron chi connectivity index (χ2n) is 3.99. The van der Waals surface area contributed by atoms with Crippen molar-refractivity contribution >= 4 is 11.6 Å². The van der Waals surface area contributed by atoms with Crippen LogP contribution in [0, 0.1) is 0 Å². The van der Waals surface area contributed by atoms with Crippen LogP contribution in [0.15, 0.2) is 24.3 Å². The topological polar surface area (TPSA) is 12.0 Å². The highest BCUT2D eigenvalue weighted by molar-refractivity contribution is 6.30. The molecular weight excluding hydrogens is 220 g/mol. The van der Waals surface area contributed by atoms with Crippen molar-refractivity contribution in [1.82, 2.24) is 5.32 Å². The highest BCUT2D eigenvalue weighted by atomic mass is 35.5. The maximum Gasteiger partial charge on any atom is 0.239 e. The molecule has 15 heavy (non-hydrogen) atoms. The zero-order chi connectivity index (χ0) is 10.9. The van der Waals surface area contributed by atoms with Gasteiger partial charge in [-0.25, -0.2) is 8.78 Å². The maximum absolute atomic E-state index is 12.5. The molecule has 0 saturated carbocycles. The van der Waals surface area contributed by atoms with Gasteiger partial charge in [-0.05, 0) is 17.7 Å². The van der Waals surface area contributed by atoms with Crippen molar-refractivity contribution in [3.63, 3.8) is 0 Å². The van der Waals surface area contributed by atoms with Gasteiger partial charge in [-0.1, -0.05) is 23.7 Å². The van der Waals surface area contributed by atoms with Crippen LogP contribution in [0.25, 0.3) is 0 Å². The summed E-state index contributed by atoms with van der Waals surface area (Å²) in [6, 6.07) is 7.22. The summed E-state index contributed by atoms with van der Waals surface area (Å²) in [7, 11) is 0. The van der Waals surface area contributed by atoms with Crippen molar-refractivity contribution in [3.8, 4) is 0 Å². The number of nitrogens with one attached hydrogen (secondary N) is 1. The predicted octanol–water partition coefficient (Wildman–Crippen LogP) is 2.84. The Morgan fingerprint density at radius 2 is 2.13 bits per heavy atom. The quantitative estimate of drug-likeness (QED) is 0.844. The monoisotopic (exact) mass is 231 g/mol. The lowest BCUT2D eigenvalue weighted by Gasteiger charge is -2.43. The van der Waals surface area contributed by atoms with Crippen molar-refractivity contribution in [1.29, 1.82) is 0 Å². The van der Waals surface area contributed by atoms with Crippen LogP contribution >= 0.6 is 11.6 Å². The van der Waals surface area contributed by atoms with Crippen molar-refractivity contribution in [3.05, 3.63) is 34.9 Å². The summed E-state index contributed by atoms with van der Waals surface area (Å²) in [5.41, 5.74) is 0.494. The highest BCUT2D eigenvalue weighted by Gasteiger charge is 2.40. The zero-order valence-electron chi connectivity index (χ0n) is 8.14. The first kappa shape index (κ1) is 10.8. The molecule has 0 spiro atoms. The summed E-state index contributed by atoms with van der Waals surface area (Å²) in [6.07, 6.45) is -2.37. The van der Waals surface area contributed by atoms with Gasteiger partial charge in [0.15, 0.2) is 0 Å². The molecule has 0 unspecified atom stereocenters. The Kier molecular flexibility index (Phi) is 2.94. The number of halogens is 3. The van der Waals surface area contributed by atoms with Gasteiger partial charge < -0.3 is 5.32 Å². The first-order valence-corrected chi connectivity index (χ1v) is 5.25. The average molecular weight is 232 g/mol. The molecule has 1 aromatic rings. The molecule has 0 atom stereocenters. The zero-order valence-corrected chi connectivity index (χ0v) is 8.90. The molecule has 82 valence electrons. The van der Waals surface area contributed by atoms with Crippen LogP contribution in [0.2, 0.25) is 5.02 Å². The van der Waals surface area contributed by atoms with Crippen LogP contribution in [-0.4, -0.2) is 19.5 Å². The highest BCUT2D eigenvalue weighted by Crippen LogP contribution is 2.35. The third-order valence-electron chi connectivity index (χ3n) is 2.91. The molecular formula is C11H12ClF2N. The van der Waals surface area contributed by atoms with Gasteiger partial charge in [-0.15, -0.1) is 0 Å². The smallest absolute Gasteiger partial charge is 0.239 e. The van der Waals surface area contributed by atoms with E-state index in [-0.39, 0.29) is 6.42 Å². The lowest BCUT2D eigenvalue weighted by Crippen LogP contribution is -2.57. The first-order chi connectivity index (χ1) is 7.12. The van der Waals surface area contributed by atoms with Crippen LogP contribution in [-0.2, 0) is 5.41 Å². The molecule has 0 aromatic heterocycles. The van der Waals surface area contributed by atoms with E-state index in [1.807, 2.05) is 12.1 Å². The summed E-state index contributed by atoms with van der Waals surface area (Å²) < 4.78 is 25.0. The Morgan fingerprint density at radius 3 is 2.60 bits per heavy atom. The van der Waals surface area contributed by atoms with Crippen molar-refractivity contribution in [2.45, 2.75) is 18.3 Å². The van der Waals surface area contributed by atoms with E-state index < -0.39 is 11.8 Å². The molecule has 0 radical (unpaired) electrons. The summed E-state index contributed by atoms with van der Waals surface area (Å²) in [4.78, 5) is 0. The molecule has 0 bridgehead atoms. The van der Waals surface area contributed by atoms with Gasteiger partial charge in [0.25, 0.3) is 0 Å². The van der Waals surface area contributed by atoms with E-state index in [1.54, 1.807) is 12.1 Å². The summed E-state index contributed by atoms with van der Waals surface area (Å²) in [5, 5.41) is 3.65. The van der Waals surface area contributed by atoms with Crippen molar-refractivity contribution in [2.24, 2.45) is 0 Å². The number of rotatable bonds is 3. The summed E-state index contributed by atoms with van der Waals surface area (Å²) >= 11 is 5.86. The largest absolute Gasteiger partial charge is 0.315 e. The molecule has 1 N–H and O–H groups in total. The Bertz CT molecular complexity index is 350. The van der Waals surface area contributed by atoms with Gasteiger partial charge in [0.2, 0.25) is 6.43 Å². The molecule has 2 rings (SSSR count). The van der Waals surface area contributed by atoms with Crippen molar-refractivity contribution < 1.29 is 8.78 Å². The third kappa shape index (κ3) is 2.13. The van der Waals surface area contributed by atoms with E-state index in [1.165, 1.54) is 0 Å². The fraction of sp³-hybridized carbons (Fsp3) is 0.455.